The van der Waals surface area contributed by atoms with Crippen LogP contribution >= 0.6 is 0 Å². The van der Waals surface area contributed by atoms with Gasteiger partial charge in [-0.3, -0.25) is 14.5 Å². The second-order valence-corrected chi connectivity index (χ2v) is 7.95. The number of anilines is 1. The lowest BCUT2D eigenvalue weighted by atomic mass is 9.96. The molecule has 0 unspecified atom stereocenters. The van der Waals surface area contributed by atoms with Crippen LogP contribution in [0, 0.1) is 5.92 Å². The Morgan fingerprint density at radius 2 is 1.90 bits per heavy atom. The molecule has 3 heterocycles. The van der Waals surface area contributed by atoms with Crippen LogP contribution in [0.5, 0.6) is 0 Å². The summed E-state index contributed by atoms with van der Waals surface area (Å²) >= 11 is 0. The summed E-state index contributed by atoms with van der Waals surface area (Å²) in [6.07, 6.45) is 4.29. The minimum absolute atomic E-state index is 0.0605. The van der Waals surface area contributed by atoms with Gasteiger partial charge in [-0.15, -0.1) is 0 Å². The van der Waals surface area contributed by atoms with Crippen molar-refractivity contribution in [2.24, 2.45) is 5.92 Å². The number of piperidine rings is 1. The summed E-state index contributed by atoms with van der Waals surface area (Å²) in [5.41, 5.74) is 0. The largest absolute Gasteiger partial charge is 0.382 e. The summed E-state index contributed by atoms with van der Waals surface area (Å²) in [4.78, 5) is 35.8. The summed E-state index contributed by atoms with van der Waals surface area (Å²) in [6, 6.07) is 5.92. The number of hydrogen-bond donors (Lipinski definition) is 1. The van der Waals surface area contributed by atoms with Crippen LogP contribution in [0.3, 0.4) is 0 Å². The van der Waals surface area contributed by atoms with Crippen molar-refractivity contribution in [3.05, 3.63) is 24.4 Å². The molecule has 0 spiro atoms. The molecule has 3 rings (SSSR count). The second kappa shape index (κ2) is 11.9. The number of likely N-dealkylation sites (tertiary alicyclic amines) is 1. The van der Waals surface area contributed by atoms with Crippen LogP contribution in [0.4, 0.5) is 5.82 Å². The van der Waals surface area contributed by atoms with Crippen molar-refractivity contribution in [2.75, 3.05) is 70.5 Å². The highest BCUT2D eigenvalue weighted by Crippen LogP contribution is 2.18. The van der Waals surface area contributed by atoms with Crippen molar-refractivity contribution < 1.29 is 14.3 Å². The van der Waals surface area contributed by atoms with Gasteiger partial charge in [-0.05, 0) is 51.4 Å². The van der Waals surface area contributed by atoms with Crippen molar-refractivity contribution >= 4 is 17.6 Å². The van der Waals surface area contributed by atoms with Gasteiger partial charge in [0.15, 0.2) is 0 Å². The molecule has 2 fully saturated rings. The zero-order chi connectivity index (χ0) is 21.2. The lowest BCUT2D eigenvalue weighted by Crippen LogP contribution is -2.52. The molecule has 2 aliphatic heterocycles. The number of amides is 2. The van der Waals surface area contributed by atoms with E-state index in [4.69, 9.17) is 4.74 Å². The van der Waals surface area contributed by atoms with E-state index < -0.39 is 0 Å². The van der Waals surface area contributed by atoms with Gasteiger partial charge in [0.05, 0.1) is 6.54 Å². The van der Waals surface area contributed by atoms with Gasteiger partial charge in [-0.25, -0.2) is 4.98 Å². The predicted octanol–water partition coefficient (Wildman–Crippen LogP) is 0.985. The zero-order valence-corrected chi connectivity index (χ0v) is 18.1. The van der Waals surface area contributed by atoms with Crippen LogP contribution in [0.2, 0.25) is 0 Å². The summed E-state index contributed by atoms with van der Waals surface area (Å²) in [5, 5.41) is 3.01. The molecule has 30 heavy (non-hydrogen) atoms. The van der Waals surface area contributed by atoms with E-state index in [1.54, 1.807) is 6.20 Å². The first kappa shape index (κ1) is 22.5. The van der Waals surface area contributed by atoms with Crippen molar-refractivity contribution in [3.63, 3.8) is 0 Å². The third kappa shape index (κ3) is 6.67. The lowest BCUT2D eigenvalue weighted by Gasteiger charge is -2.37. The van der Waals surface area contributed by atoms with E-state index in [0.717, 1.165) is 64.3 Å². The maximum absolute atomic E-state index is 12.7. The van der Waals surface area contributed by atoms with E-state index in [2.05, 4.69) is 20.1 Å². The standard InChI is InChI=1S/C22H35N5O3/c1-2-30-17-5-10-24-22(29)19-7-11-25(12-8-19)18-21(28)27-15-13-26(14-16-27)20-6-3-4-9-23-20/h3-4,6,9,19H,2,5,7-8,10-18H2,1H3,(H,24,29). The van der Waals surface area contributed by atoms with Crippen LogP contribution < -0.4 is 10.2 Å². The van der Waals surface area contributed by atoms with E-state index in [9.17, 15) is 9.59 Å². The Morgan fingerprint density at radius 3 is 2.57 bits per heavy atom. The summed E-state index contributed by atoms with van der Waals surface area (Å²) in [6.45, 7) is 9.19. The fraction of sp³-hybridized carbons (Fsp3) is 0.682. The minimum atomic E-state index is 0.0605. The molecule has 0 saturated carbocycles. The Bertz CT molecular complexity index is 656. The van der Waals surface area contributed by atoms with Gasteiger partial charge in [0, 0.05) is 58.1 Å². The predicted molar refractivity (Wildman–Crippen MR) is 116 cm³/mol. The van der Waals surface area contributed by atoms with Crippen LogP contribution in [0.1, 0.15) is 26.2 Å². The molecular weight excluding hydrogens is 382 g/mol. The molecule has 0 bridgehead atoms. The van der Waals surface area contributed by atoms with Gasteiger partial charge < -0.3 is 19.9 Å². The molecule has 0 atom stereocenters. The van der Waals surface area contributed by atoms with Crippen LogP contribution in [-0.2, 0) is 14.3 Å². The first-order valence-electron chi connectivity index (χ1n) is 11.2. The molecular formula is C22H35N5O3. The molecule has 0 radical (unpaired) electrons. The monoisotopic (exact) mass is 417 g/mol. The minimum Gasteiger partial charge on any atom is -0.382 e. The smallest absolute Gasteiger partial charge is 0.236 e. The summed E-state index contributed by atoms with van der Waals surface area (Å²) in [5.74, 6) is 1.37. The average molecular weight is 418 g/mol. The second-order valence-electron chi connectivity index (χ2n) is 7.95. The molecule has 1 aromatic heterocycles. The lowest BCUT2D eigenvalue weighted by molar-refractivity contribution is -0.133. The van der Waals surface area contributed by atoms with E-state index in [0.29, 0.717) is 26.3 Å². The molecule has 166 valence electrons. The van der Waals surface area contributed by atoms with E-state index in [1.807, 2.05) is 30.0 Å². The van der Waals surface area contributed by atoms with Gasteiger partial charge in [-0.2, -0.15) is 0 Å². The van der Waals surface area contributed by atoms with Gasteiger partial charge in [-0.1, -0.05) is 6.07 Å². The number of carbonyl (C=O) groups is 2. The molecule has 8 heteroatoms. The number of piperazine rings is 1. The Kier molecular flexibility index (Phi) is 8.89. The Balaban J connectivity index is 1.32. The van der Waals surface area contributed by atoms with Gasteiger partial charge in [0.1, 0.15) is 5.82 Å². The molecule has 2 amide bonds. The Morgan fingerprint density at radius 1 is 1.13 bits per heavy atom. The third-order valence-corrected chi connectivity index (χ3v) is 5.89. The number of aromatic nitrogens is 1. The normalized spacial score (nSPS) is 18.4. The first-order chi connectivity index (χ1) is 14.7. The number of nitrogens with zero attached hydrogens (tertiary/aromatic N) is 4. The zero-order valence-electron chi connectivity index (χ0n) is 18.1. The molecule has 0 aromatic carbocycles. The molecule has 0 aliphatic carbocycles. The van der Waals surface area contributed by atoms with Crippen molar-refractivity contribution in [2.45, 2.75) is 26.2 Å². The third-order valence-electron chi connectivity index (χ3n) is 5.89. The highest BCUT2D eigenvalue weighted by Gasteiger charge is 2.28. The van der Waals surface area contributed by atoms with Crippen LogP contribution in [-0.4, -0.2) is 92.2 Å². The maximum Gasteiger partial charge on any atom is 0.236 e. The number of pyridine rings is 1. The van der Waals surface area contributed by atoms with E-state index in [1.165, 1.54) is 0 Å². The first-order valence-corrected chi connectivity index (χ1v) is 11.2. The highest BCUT2D eigenvalue weighted by atomic mass is 16.5. The summed E-state index contributed by atoms with van der Waals surface area (Å²) in [7, 11) is 0. The van der Waals surface area contributed by atoms with Gasteiger partial charge in [0.2, 0.25) is 11.8 Å². The fourth-order valence-corrected chi connectivity index (χ4v) is 4.04. The topological polar surface area (TPSA) is 78.0 Å². The number of carbonyl (C=O) groups excluding carboxylic acids is 2. The highest BCUT2D eigenvalue weighted by molar-refractivity contribution is 5.79. The number of ether oxygens (including phenoxy) is 1. The van der Waals surface area contributed by atoms with E-state index in [-0.39, 0.29) is 17.7 Å². The molecule has 8 nitrogen and oxygen atoms in total. The SMILES string of the molecule is CCOCCCNC(=O)C1CCN(CC(=O)N2CCN(c3ccccn3)CC2)CC1. The van der Waals surface area contributed by atoms with E-state index >= 15 is 0 Å². The number of nitrogens with one attached hydrogen (secondary N) is 1. The fourth-order valence-electron chi connectivity index (χ4n) is 4.04. The van der Waals surface area contributed by atoms with Gasteiger partial charge in [0.25, 0.3) is 0 Å². The van der Waals surface area contributed by atoms with Crippen molar-refractivity contribution in [3.8, 4) is 0 Å². The number of hydrogen-bond acceptors (Lipinski definition) is 6. The Labute approximate surface area is 179 Å². The number of rotatable bonds is 9. The molecule has 1 aromatic rings. The van der Waals surface area contributed by atoms with Crippen molar-refractivity contribution in [1.82, 2.24) is 20.1 Å². The summed E-state index contributed by atoms with van der Waals surface area (Å²) < 4.78 is 5.29. The van der Waals surface area contributed by atoms with Crippen LogP contribution in [0.25, 0.3) is 0 Å². The Hall–Kier alpha value is -2.19. The quantitative estimate of drug-likeness (QED) is 0.604. The van der Waals surface area contributed by atoms with Crippen LogP contribution in [0.15, 0.2) is 24.4 Å². The van der Waals surface area contributed by atoms with Crippen molar-refractivity contribution in [1.29, 1.82) is 0 Å². The molecule has 1 N–H and O–H groups in total. The maximum atomic E-state index is 12.7. The molecule has 2 aliphatic rings. The molecule has 2 saturated heterocycles. The van der Waals surface area contributed by atoms with Gasteiger partial charge >= 0.3 is 0 Å². The average Bonchev–Trinajstić information content (AvgIpc) is 2.80.